The maximum Gasteiger partial charge on any atom is 0.316 e. The number of hydrogen-bond acceptors (Lipinski definition) is 4. The molecule has 1 unspecified atom stereocenters. The van der Waals surface area contributed by atoms with E-state index in [0.29, 0.717) is 5.76 Å². The minimum absolute atomic E-state index is 0.0926. The Morgan fingerprint density at radius 2 is 2.40 bits per heavy atom. The molecule has 0 aromatic rings. The molecular weight excluding hydrogens is 136 g/mol. The van der Waals surface area contributed by atoms with Crippen molar-refractivity contribution in [3.63, 3.8) is 0 Å². The van der Waals surface area contributed by atoms with Gasteiger partial charge in [0, 0.05) is 6.92 Å². The topological polar surface area (TPSA) is 58.9 Å². The zero-order valence-electron chi connectivity index (χ0n) is 5.70. The maximum atomic E-state index is 8.84. The summed E-state index contributed by atoms with van der Waals surface area (Å²) < 4.78 is 9.75. The Bertz CT molecular complexity index is 152. The van der Waals surface area contributed by atoms with Gasteiger partial charge in [-0.25, -0.2) is 0 Å². The summed E-state index contributed by atoms with van der Waals surface area (Å²) in [5.74, 6) is 0.134. The molecule has 1 heterocycles. The number of allylic oxidation sites excluding steroid dienone is 1. The second-order valence-corrected chi connectivity index (χ2v) is 2.09. The third kappa shape index (κ3) is 1.33. The number of ether oxygens (including phenoxy) is 2. The molecule has 0 amide bonds. The number of aliphatic hydroxyl groups excluding tert-OH is 2. The van der Waals surface area contributed by atoms with Crippen molar-refractivity contribution in [3.8, 4) is 0 Å². The lowest BCUT2D eigenvalue weighted by atomic mass is 10.4. The minimum atomic E-state index is -0.337. The van der Waals surface area contributed by atoms with Gasteiger partial charge in [0.1, 0.15) is 6.61 Å². The standard InChI is InChI=1S/C6H10O4/c1-4-6(8)9-3-5(2-7)10-4/h5,7-8H,2-3H2,1H3. The summed E-state index contributed by atoms with van der Waals surface area (Å²) in [5.41, 5.74) is 0. The Hall–Kier alpha value is -0.900. The highest BCUT2D eigenvalue weighted by Gasteiger charge is 2.19. The van der Waals surface area contributed by atoms with Gasteiger partial charge in [-0.2, -0.15) is 0 Å². The van der Waals surface area contributed by atoms with E-state index in [1.54, 1.807) is 6.92 Å². The molecule has 1 atom stereocenters. The highest BCUT2D eigenvalue weighted by atomic mass is 16.6. The predicted molar refractivity (Wildman–Crippen MR) is 33.2 cm³/mol. The van der Waals surface area contributed by atoms with Crippen LogP contribution in [0.2, 0.25) is 0 Å². The molecule has 0 spiro atoms. The van der Waals surface area contributed by atoms with Gasteiger partial charge in [-0.1, -0.05) is 0 Å². The zero-order valence-corrected chi connectivity index (χ0v) is 5.70. The quantitative estimate of drug-likeness (QED) is 0.552. The SMILES string of the molecule is CC1=C(O)OCC(CO)O1. The normalized spacial score (nSPS) is 25.6. The fraction of sp³-hybridized carbons (Fsp3) is 0.667. The summed E-state index contributed by atoms with van der Waals surface area (Å²) in [6.07, 6.45) is -0.337. The molecule has 4 heteroatoms. The van der Waals surface area contributed by atoms with Crippen LogP contribution in [0, 0.1) is 0 Å². The summed E-state index contributed by atoms with van der Waals surface area (Å²) in [4.78, 5) is 0. The van der Waals surface area contributed by atoms with Crippen LogP contribution in [0.15, 0.2) is 11.7 Å². The van der Waals surface area contributed by atoms with Crippen molar-refractivity contribution in [2.24, 2.45) is 0 Å². The molecule has 0 saturated heterocycles. The van der Waals surface area contributed by atoms with Crippen LogP contribution in [0.1, 0.15) is 6.92 Å². The van der Waals surface area contributed by atoms with Gasteiger partial charge in [-0.05, 0) is 0 Å². The van der Waals surface area contributed by atoms with Crippen LogP contribution < -0.4 is 0 Å². The smallest absolute Gasteiger partial charge is 0.316 e. The molecule has 0 radical (unpaired) electrons. The maximum absolute atomic E-state index is 8.84. The van der Waals surface area contributed by atoms with Crippen molar-refractivity contribution >= 4 is 0 Å². The minimum Gasteiger partial charge on any atom is -0.482 e. The van der Waals surface area contributed by atoms with Crippen molar-refractivity contribution in [1.29, 1.82) is 0 Å². The molecular formula is C6H10O4. The van der Waals surface area contributed by atoms with E-state index in [0.717, 1.165) is 0 Å². The van der Waals surface area contributed by atoms with Gasteiger partial charge in [0.25, 0.3) is 0 Å². The van der Waals surface area contributed by atoms with Crippen molar-refractivity contribution in [2.45, 2.75) is 13.0 Å². The molecule has 1 aliphatic rings. The lowest BCUT2D eigenvalue weighted by Crippen LogP contribution is -2.27. The first-order chi connectivity index (χ1) is 4.74. The predicted octanol–water partition coefficient (Wildman–Crippen LogP) is 0.141. The highest BCUT2D eigenvalue weighted by molar-refractivity contribution is 4.93. The molecule has 0 bridgehead atoms. The van der Waals surface area contributed by atoms with Crippen LogP contribution in [0.5, 0.6) is 0 Å². The van der Waals surface area contributed by atoms with Crippen LogP contribution >= 0.6 is 0 Å². The molecule has 0 aromatic heterocycles. The first-order valence-electron chi connectivity index (χ1n) is 3.04. The van der Waals surface area contributed by atoms with Crippen molar-refractivity contribution in [2.75, 3.05) is 13.2 Å². The average Bonchev–Trinajstić information content (AvgIpc) is 1.95. The summed E-state index contributed by atoms with van der Waals surface area (Å²) in [6, 6.07) is 0. The number of rotatable bonds is 1. The van der Waals surface area contributed by atoms with Crippen LogP contribution in [0.4, 0.5) is 0 Å². The molecule has 0 aromatic carbocycles. The molecule has 10 heavy (non-hydrogen) atoms. The van der Waals surface area contributed by atoms with Gasteiger partial charge in [0.05, 0.1) is 6.61 Å². The van der Waals surface area contributed by atoms with E-state index < -0.39 is 0 Å². The van der Waals surface area contributed by atoms with Crippen LogP contribution in [0.3, 0.4) is 0 Å². The monoisotopic (exact) mass is 146 g/mol. The molecule has 0 saturated carbocycles. The van der Waals surface area contributed by atoms with Crippen molar-refractivity contribution in [1.82, 2.24) is 0 Å². The summed E-state index contributed by atoms with van der Waals surface area (Å²) in [5, 5.41) is 17.4. The Morgan fingerprint density at radius 1 is 1.70 bits per heavy atom. The molecule has 2 N–H and O–H groups in total. The van der Waals surface area contributed by atoms with Crippen LogP contribution in [-0.2, 0) is 9.47 Å². The van der Waals surface area contributed by atoms with Gasteiger partial charge in [-0.3, -0.25) is 0 Å². The summed E-state index contributed by atoms with van der Waals surface area (Å²) in [6.45, 7) is 1.70. The van der Waals surface area contributed by atoms with Gasteiger partial charge in [0.15, 0.2) is 11.9 Å². The summed E-state index contributed by atoms with van der Waals surface area (Å²) in [7, 11) is 0. The summed E-state index contributed by atoms with van der Waals surface area (Å²) >= 11 is 0. The third-order valence-corrected chi connectivity index (χ3v) is 1.25. The van der Waals surface area contributed by atoms with E-state index in [1.165, 1.54) is 0 Å². The lowest BCUT2D eigenvalue weighted by molar-refractivity contribution is -0.0667. The van der Waals surface area contributed by atoms with Crippen LogP contribution in [0.25, 0.3) is 0 Å². The molecule has 4 nitrogen and oxygen atoms in total. The van der Waals surface area contributed by atoms with Gasteiger partial charge in [-0.15, -0.1) is 0 Å². The first kappa shape index (κ1) is 7.21. The largest absolute Gasteiger partial charge is 0.482 e. The Labute approximate surface area is 58.7 Å². The zero-order chi connectivity index (χ0) is 7.56. The van der Waals surface area contributed by atoms with E-state index in [4.69, 9.17) is 19.7 Å². The molecule has 58 valence electrons. The fourth-order valence-corrected chi connectivity index (χ4v) is 0.698. The average molecular weight is 146 g/mol. The highest BCUT2D eigenvalue weighted by Crippen LogP contribution is 2.13. The second kappa shape index (κ2) is 2.79. The lowest BCUT2D eigenvalue weighted by Gasteiger charge is -2.22. The third-order valence-electron chi connectivity index (χ3n) is 1.25. The molecule has 1 aliphatic heterocycles. The van der Waals surface area contributed by atoms with E-state index >= 15 is 0 Å². The fourth-order valence-electron chi connectivity index (χ4n) is 0.698. The van der Waals surface area contributed by atoms with Gasteiger partial charge < -0.3 is 19.7 Å². The molecule has 1 rings (SSSR count). The Morgan fingerprint density at radius 3 is 2.90 bits per heavy atom. The van der Waals surface area contributed by atoms with E-state index in [-0.39, 0.29) is 25.3 Å². The first-order valence-corrected chi connectivity index (χ1v) is 3.04. The van der Waals surface area contributed by atoms with E-state index in [2.05, 4.69) is 0 Å². The van der Waals surface area contributed by atoms with E-state index in [9.17, 15) is 0 Å². The van der Waals surface area contributed by atoms with Gasteiger partial charge in [0.2, 0.25) is 0 Å². The Balaban J connectivity index is 2.54. The van der Waals surface area contributed by atoms with Crippen molar-refractivity contribution in [3.05, 3.63) is 11.7 Å². The van der Waals surface area contributed by atoms with E-state index in [1.807, 2.05) is 0 Å². The second-order valence-electron chi connectivity index (χ2n) is 2.09. The molecule has 0 aliphatic carbocycles. The van der Waals surface area contributed by atoms with Crippen molar-refractivity contribution < 1.29 is 19.7 Å². The number of hydrogen-bond donors (Lipinski definition) is 2. The van der Waals surface area contributed by atoms with Crippen LogP contribution in [-0.4, -0.2) is 29.5 Å². The Kier molecular flexibility index (Phi) is 2.01. The van der Waals surface area contributed by atoms with Gasteiger partial charge >= 0.3 is 5.95 Å². The molecule has 0 fully saturated rings. The number of aliphatic hydroxyl groups is 2.